The van der Waals surface area contributed by atoms with Gasteiger partial charge in [-0.25, -0.2) is 4.98 Å². The number of ketones is 1. The third kappa shape index (κ3) is 2.30. The van der Waals surface area contributed by atoms with Gasteiger partial charge >= 0.3 is 0 Å². The van der Waals surface area contributed by atoms with Gasteiger partial charge in [-0.15, -0.1) is 0 Å². The Morgan fingerprint density at radius 2 is 1.94 bits per heavy atom. The van der Waals surface area contributed by atoms with E-state index in [0.717, 1.165) is 5.69 Å². The maximum absolute atomic E-state index is 12.2. The van der Waals surface area contributed by atoms with Gasteiger partial charge in [0.2, 0.25) is 5.78 Å². The summed E-state index contributed by atoms with van der Waals surface area (Å²) < 4.78 is 5.14. The second-order valence-corrected chi connectivity index (χ2v) is 3.57. The van der Waals surface area contributed by atoms with Gasteiger partial charge in [-0.2, -0.15) is 0 Å². The van der Waals surface area contributed by atoms with E-state index in [2.05, 4.69) is 9.97 Å². The fourth-order valence-electron chi connectivity index (χ4n) is 1.48. The van der Waals surface area contributed by atoms with E-state index in [1.54, 1.807) is 24.4 Å². The van der Waals surface area contributed by atoms with Crippen LogP contribution in [0.3, 0.4) is 0 Å². The minimum absolute atomic E-state index is 0.185. The first-order valence-corrected chi connectivity index (χ1v) is 5.18. The molecule has 0 radical (unpaired) electrons. The van der Waals surface area contributed by atoms with Gasteiger partial charge in [0.1, 0.15) is 11.4 Å². The Balaban J connectivity index is 2.40. The number of para-hydroxylation sites is 1. The summed E-state index contributed by atoms with van der Waals surface area (Å²) in [6.45, 7) is 1.82. The molecule has 1 aromatic carbocycles. The van der Waals surface area contributed by atoms with Gasteiger partial charge in [0.25, 0.3) is 0 Å². The van der Waals surface area contributed by atoms with Gasteiger partial charge in [0.05, 0.1) is 24.6 Å². The summed E-state index contributed by atoms with van der Waals surface area (Å²) in [5, 5.41) is 0. The van der Waals surface area contributed by atoms with Crippen LogP contribution in [0.15, 0.2) is 36.7 Å². The lowest BCUT2D eigenvalue weighted by atomic mass is 10.1. The van der Waals surface area contributed by atoms with Crippen molar-refractivity contribution < 1.29 is 9.53 Å². The van der Waals surface area contributed by atoms with E-state index in [1.165, 1.54) is 13.3 Å². The van der Waals surface area contributed by atoms with E-state index >= 15 is 0 Å². The van der Waals surface area contributed by atoms with Crippen molar-refractivity contribution in [2.75, 3.05) is 7.11 Å². The third-order valence-corrected chi connectivity index (χ3v) is 2.37. The minimum atomic E-state index is -0.185. The molecule has 86 valence electrons. The predicted octanol–water partition coefficient (Wildman–Crippen LogP) is 2.02. The Labute approximate surface area is 99.3 Å². The SMILES string of the molecule is COc1ccccc1C(=O)c1cnc(C)cn1. The zero-order valence-electron chi connectivity index (χ0n) is 9.68. The van der Waals surface area contributed by atoms with Crippen molar-refractivity contribution in [3.05, 3.63) is 53.6 Å². The summed E-state index contributed by atoms with van der Waals surface area (Å²) in [4.78, 5) is 20.3. The second kappa shape index (κ2) is 4.74. The molecule has 1 heterocycles. The maximum Gasteiger partial charge on any atom is 0.216 e. The molecule has 0 N–H and O–H groups in total. The Morgan fingerprint density at radius 1 is 1.18 bits per heavy atom. The van der Waals surface area contributed by atoms with E-state index in [1.807, 2.05) is 13.0 Å². The van der Waals surface area contributed by atoms with E-state index in [4.69, 9.17) is 4.74 Å². The Kier molecular flexibility index (Phi) is 3.14. The molecule has 0 aliphatic carbocycles. The lowest BCUT2D eigenvalue weighted by molar-refractivity contribution is 0.103. The van der Waals surface area contributed by atoms with Gasteiger partial charge in [-0.05, 0) is 19.1 Å². The van der Waals surface area contributed by atoms with Crippen LogP contribution < -0.4 is 4.74 Å². The summed E-state index contributed by atoms with van der Waals surface area (Å²) in [5.74, 6) is 0.356. The van der Waals surface area contributed by atoms with E-state index in [-0.39, 0.29) is 5.78 Å². The van der Waals surface area contributed by atoms with Crippen LogP contribution in [0, 0.1) is 6.92 Å². The Hall–Kier alpha value is -2.23. The van der Waals surface area contributed by atoms with E-state index in [9.17, 15) is 4.79 Å². The first kappa shape index (κ1) is 11.3. The highest BCUT2D eigenvalue weighted by molar-refractivity contribution is 6.09. The maximum atomic E-state index is 12.2. The first-order valence-electron chi connectivity index (χ1n) is 5.18. The topological polar surface area (TPSA) is 52.1 Å². The average Bonchev–Trinajstić information content (AvgIpc) is 2.39. The zero-order valence-corrected chi connectivity index (χ0v) is 9.68. The minimum Gasteiger partial charge on any atom is -0.496 e. The Bertz CT molecular complexity index is 535. The van der Waals surface area contributed by atoms with Crippen LogP contribution in [0.25, 0.3) is 0 Å². The molecule has 0 aliphatic heterocycles. The van der Waals surface area contributed by atoms with Gasteiger partial charge in [0.15, 0.2) is 0 Å². The molecule has 4 heteroatoms. The summed E-state index contributed by atoms with van der Waals surface area (Å²) in [5.41, 5.74) is 1.59. The first-order chi connectivity index (χ1) is 8.22. The fourth-order valence-corrected chi connectivity index (χ4v) is 1.48. The summed E-state index contributed by atoms with van der Waals surface area (Å²) in [6, 6.07) is 7.06. The fraction of sp³-hybridized carbons (Fsp3) is 0.154. The highest BCUT2D eigenvalue weighted by atomic mass is 16.5. The van der Waals surface area contributed by atoms with Crippen molar-refractivity contribution in [2.45, 2.75) is 6.92 Å². The summed E-state index contributed by atoms with van der Waals surface area (Å²) in [6.07, 6.45) is 3.05. The molecule has 0 unspecified atom stereocenters. The smallest absolute Gasteiger partial charge is 0.216 e. The van der Waals surface area contributed by atoms with Gasteiger partial charge < -0.3 is 4.74 Å². The number of carbonyl (C=O) groups is 1. The van der Waals surface area contributed by atoms with Crippen LogP contribution in [0.5, 0.6) is 5.75 Å². The second-order valence-electron chi connectivity index (χ2n) is 3.57. The normalized spacial score (nSPS) is 10.0. The third-order valence-electron chi connectivity index (χ3n) is 2.37. The molecular formula is C13H12N2O2. The number of rotatable bonds is 3. The van der Waals surface area contributed by atoms with Crippen LogP contribution in [0.4, 0.5) is 0 Å². The Morgan fingerprint density at radius 3 is 2.59 bits per heavy atom. The van der Waals surface area contributed by atoms with Crippen LogP contribution in [-0.4, -0.2) is 22.9 Å². The molecule has 0 saturated carbocycles. The number of benzene rings is 1. The molecule has 0 spiro atoms. The van der Waals surface area contributed by atoms with Gasteiger partial charge in [0, 0.05) is 6.20 Å². The van der Waals surface area contributed by atoms with Crippen LogP contribution >= 0.6 is 0 Å². The molecule has 0 saturated heterocycles. The van der Waals surface area contributed by atoms with E-state index in [0.29, 0.717) is 17.0 Å². The van der Waals surface area contributed by atoms with Crippen molar-refractivity contribution >= 4 is 5.78 Å². The molecule has 0 fully saturated rings. The van der Waals surface area contributed by atoms with Crippen molar-refractivity contribution in [2.24, 2.45) is 0 Å². The van der Waals surface area contributed by atoms with Crippen molar-refractivity contribution in [3.63, 3.8) is 0 Å². The molecule has 0 amide bonds. The molecule has 2 aromatic rings. The van der Waals surface area contributed by atoms with Gasteiger partial charge in [-0.1, -0.05) is 12.1 Å². The van der Waals surface area contributed by atoms with Crippen molar-refractivity contribution in [1.82, 2.24) is 9.97 Å². The van der Waals surface area contributed by atoms with Crippen LogP contribution in [0.1, 0.15) is 21.7 Å². The van der Waals surface area contributed by atoms with Crippen molar-refractivity contribution in [3.8, 4) is 5.75 Å². The predicted molar refractivity (Wildman–Crippen MR) is 63.2 cm³/mol. The number of carbonyl (C=O) groups excluding carboxylic acids is 1. The monoisotopic (exact) mass is 228 g/mol. The largest absolute Gasteiger partial charge is 0.496 e. The number of aryl methyl sites for hydroxylation is 1. The van der Waals surface area contributed by atoms with Crippen molar-refractivity contribution in [1.29, 1.82) is 0 Å². The summed E-state index contributed by atoms with van der Waals surface area (Å²) in [7, 11) is 1.53. The van der Waals surface area contributed by atoms with Crippen LogP contribution in [-0.2, 0) is 0 Å². The molecule has 0 atom stereocenters. The molecule has 0 aliphatic rings. The molecule has 17 heavy (non-hydrogen) atoms. The standard InChI is InChI=1S/C13H12N2O2/c1-9-7-15-11(8-14-9)13(16)10-5-3-4-6-12(10)17-2/h3-8H,1-2H3. The highest BCUT2D eigenvalue weighted by Gasteiger charge is 2.15. The number of ether oxygens (including phenoxy) is 1. The zero-order chi connectivity index (χ0) is 12.3. The number of nitrogens with zero attached hydrogens (tertiary/aromatic N) is 2. The molecule has 4 nitrogen and oxygen atoms in total. The number of methoxy groups -OCH3 is 1. The summed E-state index contributed by atoms with van der Waals surface area (Å²) >= 11 is 0. The molecule has 2 rings (SSSR count). The quantitative estimate of drug-likeness (QED) is 0.754. The lowest BCUT2D eigenvalue weighted by Crippen LogP contribution is -2.06. The highest BCUT2D eigenvalue weighted by Crippen LogP contribution is 2.19. The number of aromatic nitrogens is 2. The number of hydrogen-bond acceptors (Lipinski definition) is 4. The molecule has 1 aromatic heterocycles. The molecule has 0 bridgehead atoms. The van der Waals surface area contributed by atoms with Gasteiger partial charge in [-0.3, -0.25) is 9.78 Å². The molecular weight excluding hydrogens is 216 g/mol. The van der Waals surface area contributed by atoms with E-state index < -0.39 is 0 Å². The average molecular weight is 228 g/mol. The van der Waals surface area contributed by atoms with Crippen LogP contribution in [0.2, 0.25) is 0 Å². The lowest BCUT2D eigenvalue weighted by Gasteiger charge is -2.06. The number of hydrogen-bond donors (Lipinski definition) is 0.